The van der Waals surface area contributed by atoms with Gasteiger partial charge in [0.1, 0.15) is 23.9 Å². The summed E-state index contributed by atoms with van der Waals surface area (Å²) in [4.78, 5) is 0.0405. The van der Waals surface area contributed by atoms with Crippen LogP contribution in [-0.4, -0.2) is 68.2 Å². The fourth-order valence-corrected chi connectivity index (χ4v) is 9.27. The summed E-state index contributed by atoms with van der Waals surface area (Å²) in [7, 11) is -10.3. The van der Waals surface area contributed by atoms with E-state index in [0.717, 1.165) is 0 Å². The van der Waals surface area contributed by atoms with E-state index in [0.29, 0.717) is 33.3 Å². The minimum atomic E-state index is -6.10. The van der Waals surface area contributed by atoms with Crippen LogP contribution in [0.2, 0.25) is 0 Å². The molecule has 1 aliphatic rings. The highest BCUT2D eigenvalue weighted by molar-refractivity contribution is 7.90. The Morgan fingerprint density at radius 1 is 0.683 bits per heavy atom. The third-order valence-electron chi connectivity index (χ3n) is 10.2. The Balaban J connectivity index is 1.35. The Morgan fingerprint density at radius 2 is 1.20 bits per heavy atom. The molecule has 2 heterocycles. The van der Waals surface area contributed by atoms with Crippen LogP contribution < -0.4 is 0 Å². The molecule has 0 unspecified atom stereocenters. The molecule has 5 aromatic carbocycles. The predicted molar refractivity (Wildman–Crippen MR) is 215 cm³/mol. The summed E-state index contributed by atoms with van der Waals surface area (Å²) in [5.41, 5.74) is -4.96. The molecule has 316 valence electrons. The number of alkyl halides is 3. The molecule has 1 fully saturated rings. The van der Waals surface area contributed by atoms with Crippen molar-refractivity contribution in [3.63, 3.8) is 0 Å². The molecular weight excluding hydrogens is 824 g/mol. The number of hydrogen-bond acceptors (Lipinski definition) is 10. The van der Waals surface area contributed by atoms with Crippen molar-refractivity contribution in [1.82, 2.24) is 3.97 Å². The molecule has 1 aliphatic heterocycles. The second kappa shape index (κ2) is 18.4. The number of fused-ring (bicyclic) bond motifs is 1. The van der Waals surface area contributed by atoms with E-state index in [-0.39, 0.29) is 37.6 Å². The van der Waals surface area contributed by atoms with E-state index in [1.165, 1.54) is 16.1 Å². The van der Waals surface area contributed by atoms with Gasteiger partial charge in [-0.15, -0.1) is 0 Å². The number of aliphatic hydroxyl groups excluding tert-OH is 1. The summed E-state index contributed by atoms with van der Waals surface area (Å²) >= 11 is 0. The van der Waals surface area contributed by atoms with Gasteiger partial charge >= 0.3 is 15.6 Å². The van der Waals surface area contributed by atoms with Gasteiger partial charge in [-0.1, -0.05) is 127 Å². The summed E-state index contributed by atoms with van der Waals surface area (Å²) in [5, 5.41) is 12.8. The van der Waals surface area contributed by atoms with E-state index in [1.54, 1.807) is 133 Å². The highest BCUT2D eigenvalue weighted by Gasteiger charge is 2.59. The Hall–Kier alpha value is -4.91. The van der Waals surface area contributed by atoms with Crippen LogP contribution in [0.5, 0.6) is 0 Å². The first kappa shape index (κ1) is 43.2. The number of para-hydroxylation sites is 1. The van der Waals surface area contributed by atoms with Crippen LogP contribution in [0.25, 0.3) is 10.9 Å². The Bertz CT molecular complexity index is 2550. The van der Waals surface area contributed by atoms with E-state index in [2.05, 4.69) is 4.18 Å². The van der Waals surface area contributed by atoms with E-state index in [1.807, 2.05) is 6.07 Å². The first-order valence-corrected chi connectivity index (χ1v) is 21.8. The summed E-state index contributed by atoms with van der Waals surface area (Å²) in [6.45, 7) is -1.59. The van der Waals surface area contributed by atoms with Gasteiger partial charge in [-0.25, -0.2) is 12.4 Å². The summed E-state index contributed by atoms with van der Waals surface area (Å²) in [5.74, 6) is 0. The van der Waals surface area contributed by atoms with Crippen molar-refractivity contribution >= 4 is 31.0 Å². The van der Waals surface area contributed by atoms with Crippen molar-refractivity contribution in [2.45, 2.75) is 73.3 Å². The Labute approximate surface area is 346 Å². The molecule has 1 aromatic heterocycles. The maximum atomic E-state index is 14.4. The first-order valence-electron chi connectivity index (χ1n) is 19.0. The Kier molecular flexibility index (Phi) is 13.2. The van der Waals surface area contributed by atoms with Crippen molar-refractivity contribution in [2.24, 2.45) is 0 Å². The second-order valence-corrected chi connectivity index (χ2v) is 17.6. The topological polar surface area (TPSA) is 140 Å². The zero-order valence-electron chi connectivity index (χ0n) is 32.0. The van der Waals surface area contributed by atoms with E-state index in [9.17, 15) is 35.1 Å². The highest BCUT2D eigenvalue weighted by atomic mass is 32.2. The molecule has 60 heavy (non-hydrogen) atoms. The fourth-order valence-electron chi connectivity index (χ4n) is 7.24. The lowest BCUT2D eigenvalue weighted by molar-refractivity contribution is -0.358. The SMILES string of the molecule is O=S(=O)(c1ccccc1)n1c(CC[C@]2(OCc3ccccc3)[C@H](O)O[C@H](COS(=O)(=O)C(F)(F)F)[C@@H](OCc3ccccc3)[C@@H]2OCc2ccccc2)cc2ccccc21. The summed E-state index contributed by atoms with van der Waals surface area (Å²) in [6.07, 6.45) is -6.77. The number of rotatable bonds is 17. The monoisotopic (exact) mass is 865 g/mol. The molecule has 11 nitrogen and oxygen atoms in total. The number of ether oxygens (including phenoxy) is 4. The van der Waals surface area contributed by atoms with Gasteiger partial charge in [0, 0.05) is 11.1 Å². The Morgan fingerprint density at radius 3 is 1.78 bits per heavy atom. The third kappa shape index (κ3) is 9.51. The molecule has 16 heteroatoms. The van der Waals surface area contributed by atoms with Crippen molar-refractivity contribution in [2.75, 3.05) is 6.61 Å². The molecule has 0 aliphatic carbocycles. The standard InChI is InChI=1S/C44H42F3NO10S2/c45-44(46,47)60(52,53)57-31-39-40(54-28-32-15-5-1-6-16-32)41(55-29-33-17-7-2-8-18-33)43(42(49)58-39,56-30-34-19-9-3-10-20-34)26-25-36-27-35-21-13-14-24-38(35)48(36)59(50,51)37-22-11-4-12-23-37/h1-24,27,39-42,49H,25-26,28-31H2/t39-,40-,41+,42-,43-/m1/s1. The van der Waals surface area contributed by atoms with Gasteiger partial charge in [-0.2, -0.15) is 21.6 Å². The number of benzene rings is 5. The number of nitrogens with zero attached hydrogens (tertiary/aromatic N) is 1. The average molecular weight is 866 g/mol. The summed E-state index contributed by atoms with van der Waals surface area (Å²) < 4.78 is 125. The van der Waals surface area contributed by atoms with Crippen LogP contribution in [-0.2, 0) is 69.5 Å². The molecule has 0 spiro atoms. The van der Waals surface area contributed by atoms with Gasteiger partial charge in [0.15, 0.2) is 6.29 Å². The zero-order chi connectivity index (χ0) is 42.4. The van der Waals surface area contributed by atoms with Crippen LogP contribution in [0.3, 0.4) is 0 Å². The highest BCUT2D eigenvalue weighted by Crippen LogP contribution is 2.42. The van der Waals surface area contributed by atoms with Crippen LogP contribution in [0.1, 0.15) is 28.8 Å². The lowest BCUT2D eigenvalue weighted by atomic mass is 9.81. The van der Waals surface area contributed by atoms with Crippen molar-refractivity contribution in [1.29, 1.82) is 0 Å². The zero-order valence-corrected chi connectivity index (χ0v) is 33.6. The van der Waals surface area contributed by atoms with Crippen LogP contribution >= 0.6 is 0 Å². The van der Waals surface area contributed by atoms with Crippen molar-refractivity contribution < 1.29 is 58.2 Å². The van der Waals surface area contributed by atoms with Gasteiger partial charge in [0.2, 0.25) is 0 Å². The summed E-state index contributed by atoms with van der Waals surface area (Å²) in [6, 6.07) is 43.3. The van der Waals surface area contributed by atoms with Gasteiger partial charge in [-0.05, 0) is 53.8 Å². The molecule has 7 rings (SSSR count). The fraction of sp³-hybridized carbons (Fsp3) is 0.273. The maximum absolute atomic E-state index is 14.4. The molecule has 1 N–H and O–H groups in total. The second-order valence-electron chi connectivity index (χ2n) is 14.2. The molecule has 0 bridgehead atoms. The maximum Gasteiger partial charge on any atom is 0.523 e. The molecule has 0 amide bonds. The number of aryl methyl sites for hydroxylation is 1. The molecule has 0 radical (unpaired) electrons. The normalized spacial score (nSPS) is 21.3. The number of aliphatic hydroxyl groups is 1. The van der Waals surface area contributed by atoms with E-state index >= 15 is 0 Å². The molecule has 0 saturated carbocycles. The predicted octanol–water partition coefficient (Wildman–Crippen LogP) is 7.52. The number of halogens is 3. The quantitative estimate of drug-likeness (QED) is 0.0724. The lowest BCUT2D eigenvalue weighted by Crippen LogP contribution is -2.69. The van der Waals surface area contributed by atoms with Gasteiger partial charge in [0.25, 0.3) is 10.0 Å². The minimum Gasteiger partial charge on any atom is -0.368 e. The van der Waals surface area contributed by atoms with Gasteiger partial charge < -0.3 is 24.1 Å². The smallest absolute Gasteiger partial charge is 0.368 e. The number of hydrogen-bond donors (Lipinski definition) is 1. The van der Waals surface area contributed by atoms with Crippen molar-refractivity contribution in [3.8, 4) is 0 Å². The largest absolute Gasteiger partial charge is 0.523 e. The van der Waals surface area contributed by atoms with Gasteiger partial charge in [0.05, 0.1) is 36.8 Å². The first-order chi connectivity index (χ1) is 28.8. The van der Waals surface area contributed by atoms with E-state index < -0.39 is 62.5 Å². The molecular formula is C44H42F3NO10S2. The molecule has 6 aromatic rings. The van der Waals surface area contributed by atoms with Gasteiger partial charge in [-0.3, -0.25) is 4.18 Å². The average Bonchev–Trinajstić information content (AvgIpc) is 3.64. The van der Waals surface area contributed by atoms with Crippen molar-refractivity contribution in [3.05, 3.63) is 174 Å². The molecule has 1 saturated heterocycles. The minimum absolute atomic E-state index is 0.0405. The van der Waals surface area contributed by atoms with Crippen LogP contribution in [0.4, 0.5) is 13.2 Å². The molecule has 5 atom stereocenters. The third-order valence-corrected chi connectivity index (χ3v) is 13.0. The van der Waals surface area contributed by atoms with Crippen LogP contribution in [0.15, 0.2) is 157 Å². The number of aromatic nitrogens is 1. The lowest BCUT2D eigenvalue weighted by Gasteiger charge is -2.52. The van der Waals surface area contributed by atoms with E-state index in [4.69, 9.17) is 18.9 Å². The van der Waals surface area contributed by atoms with Crippen LogP contribution in [0, 0.1) is 0 Å².